The largest absolute Gasteiger partial charge is 0.490 e. The number of likely N-dealkylation sites (N-methyl/N-ethyl adjacent to an activating group) is 1. The molecule has 18 heteroatoms. The van der Waals surface area contributed by atoms with Gasteiger partial charge in [0.05, 0.1) is 21.1 Å². The second-order valence-corrected chi connectivity index (χ2v) is 19.2. The molecule has 3 aromatic heterocycles. The van der Waals surface area contributed by atoms with Crippen molar-refractivity contribution in [1.82, 2.24) is 29.7 Å². The van der Waals surface area contributed by atoms with E-state index in [4.69, 9.17) is 47.1 Å². The zero-order chi connectivity index (χ0) is 47.6. The topological polar surface area (TPSA) is 170 Å². The molecule has 0 amide bonds. The molecule has 1 saturated heterocycles. The Hall–Kier alpha value is -5.91. The van der Waals surface area contributed by atoms with Crippen molar-refractivity contribution in [3.05, 3.63) is 111 Å². The van der Waals surface area contributed by atoms with Crippen molar-refractivity contribution >= 4 is 62.3 Å². The maximum atomic E-state index is 14.4. The van der Waals surface area contributed by atoms with E-state index in [1.54, 1.807) is 42.6 Å². The number of carbonyl (C=O) groups is 2. The molecule has 1 unspecified atom stereocenters. The van der Waals surface area contributed by atoms with Crippen LogP contribution in [0.5, 0.6) is 23.1 Å². The summed E-state index contributed by atoms with van der Waals surface area (Å²) in [5.74, 6) is -0.699. The lowest BCUT2D eigenvalue weighted by atomic mass is 9.87. The van der Waals surface area contributed by atoms with Gasteiger partial charge in [0.1, 0.15) is 47.8 Å². The second kappa shape index (κ2) is 20.4. The van der Waals surface area contributed by atoms with Crippen LogP contribution in [0.2, 0.25) is 10.0 Å². The number of hydrogen-bond acceptors (Lipinski definition) is 13. The zero-order valence-electron chi connectivity index (χ0n) is 37.6. The number of aliphatic carboxylic acids is 2. The Balaban J connectivity index is 1.13. The Morgan fingerprint density at radius 1 is 0.956 bits per heavy atom. The summed E-state index contributed by atoms with van der Waals surface area (Å²) in [4.78, 5) is 48.8. The molecule has 3 aliphatic heterocycles. The molecule has 0 spiro atoms. The Labute approximate surface area is 406 Å². The first-order valence-electron chi connectivity index (χ1n) is 22.4. The third-order valence-corrected chi connectivity index (χ3v) is 14.8. The molecule has 1 aliphatic carbocycles. The van der Waals surface area contributed by atoms with E-state index in [-0.39, 0.29) is 47.9 Å². The van der Waals surface area contributed by atoms with Crippen LogP contribution in [-0.4, -0.2) is 110 Å². The summed E-state index contributed by atoms with van der Waals surface area (Å²) in [6, 6.07) is 13.1. The van der Waals surface area contributed by atoms with Crippen LogP contribution in [0.1, 0.15) is 53.9 Å². The summed E-state index contributed by atoms with van der Waals surface area (Å²) < 4.78 is 40.6. The number of hydrogen-bond donors (Lipinski definition) is 2. The van der Waals surface area contributed by atoms with Crippen molar-refractivity contribution < 1.29 is 43.1 Å². The van der Waals surface area contributed by atoms with E-state index >= 15 is 0 Å². The predicted octanol–water partition coefficient (Wildman–Crippen LogP) is 9.58. The average molecular weight is 984 g/mol. The summed E-state index contributed by atoms with van der Waals surface area (Å²) in [6.45, 7) is 7.80. The van der Waals surface area contributed by atoms with Crippen LogP contribution in [-0.2, 0) is 22.6 Å². The monoisotopic (exact) mass is 982 g/mol. The number of nitrogens with zero attached hydrogens (tertiary/aromatic N) is 6. The lowest BCUT2D eigenvalue weighted by Crippen LogP contribution is -2.49. The minimum absolute atomic E-state index is 0.0135. The van der Waals surface area contributed by atoms with Gasteiger partial charge < -0.3 is 34.1 Å². The Morgan fingerprint density at radius 2 is 1.72 bits per heavy atom. The number of allylic oxidation sites excluding steroid dienone is 2. The molecule has 1 fully saturated rings. The van der Waals surface area contributed by atoms with Gasteiger partial charge in [-0.25, -0.2) is 29.1 Å². The molecule has 68 heavy (non-hydrogen) atoms. The van der Waals surface area contributed by atoms with Crippen LogP contribution in [0, 0.1) is 25.6 Å². The number of rotatable bonds is 10. The van der Waals surface area contributed by atoms with E-state index in [0.717, 1.165) is 38.2 Å². The van der Waals surface area contributed by atoms with Crippen molar-refractivity contribution in [2.24, 2.45) is 5.92 Å². The molecule has 0 radical (unpaired) electrons. The lowest BCUT2D eigenvalue weighted by molar-refractivity contribution is -0.145. The minimum atomic E-state index is -1.48. The molecule has 3 atom stereocenters. The van der Waals surface area contributed by atoms with Gasteiger partial charge in [-0.2, -0.15) is 0 Å². The number of thiophene rings is 1. The highest BCUT2D eigenvalue weighted by Crippen LogP contribution is 2.53. The Bertz CT molecular complexity index is 2880. The highest BCUT2D eigenvalue weighted by molar-refractivity contribution is 7.22. The van der Waals surface area contributed by atoms with E-state index in [9.17, 15) is 24.2 Å². The summed E-state index contributed by atoms with van der Waals surface area (Å²) >= 11 is 16.0. The van der Waals surface area contributed by atoms with Crippen molar-refractivity contribution in [2.45, 2.75) is 64.8 Å². The highest BCUT2D eigenvalue weighted by Gasteiger charge is 2.32. The van der Waals surface area contributed by atoms with Crippen LogP contribution in [0.25, 0.3) is 37.4 Å². The van der Waals surface area contributed by atoms with Gasteiger partial charge in [-0.05, 0) is 110 Å². The number of aromatic nitrogens is 4. The number of halogens is 3. The van der Waals surface area contributed by atoms with E-state index in [1.807, 2.05) is 19.9 Å². The first kappa shape index (κ1) is 47.2. The molecule has 6 heterocycles. The minimum Gasteiger partial charge on any atom is -0.490 e. The maximum Gasteiger partial charge on any atom is 0.345 e. The molecule has 6 aromatic rings. The quantitative estimate of drug-likeness (QED) is 0.133. The van der Waals surface area contributed by atoms with Crippen LogP contribution < -0.4 is 18.9 Å². The van der Waals surface area contributed by atoms with E-state index in [2.05, 4.69) is 31.8 Å². The third kappa shape index (κ3) is 10.2. The summed E-state index contributed by atoms with van der Waals surface area (Å²) in [5, 5.41) is 21.2. The van der Waals surface area contributed by atoms with Crippen molar-refractivity contribution in [3.63, 3.8) is 0 Å². The molecule has 4 bridgehead atoms. The fourth-order valence-corrected chi connectivity index (χ4v) is 10.7. The number of carboxylic acids is 2. The second-order valence-electron chi connectivity index (χ2n) is 17.5. The van der Waals surface area contributed by atoms with Gasteiger partial charge in [-0.1, -0.05) is 41.4 Å². The van der Waals surface area contributed by atoms with E-state index in [1.165, 1.54) is 29.8 Å². The molecule has 3 aromatic carbocycles. The Kier molecular flexibility index (Phi) is 14.1. The van der Waals surface area contributed by atoms with Gasteiger partial charge in [-0.15, -0.1) is 11.3 Å². The van der Waals surface area contributed by atoms with Crippen LogP contribution in [0.4, 0.5) is 4.39 Å². The van der Waals surface area contributed by atoms with Crippen molar-refractivity contribution in [1.29, 1.82) is 0 Å². The average Bonchev–Trinajstić information content (AvgIpc) is 3.71. The molecule has 4 aliphatic rings. The third-order valence-electron chi connectivity index (χ3n) is 12.7. The summed E-state index contributed by atoms with van der Waals surface area (Å²) in [7, 11) is 2.10. The Morgan fingerprint density at radius 3 is 2.43 bits per heavy atom. The molecule has 354 valence electrons. The smallest absolute Gasteiger partial charge is 0.345 e. The number of ether oxygens (including phenoxy) is 4. The van der Waals surface area contributed by atoms with Crippen LogP contribution >= 0.6 is 34.5 Å². The SMILES string of the molecule is Cc1c(Cl)c2c(Cl)c(C)c1-c1c(-c3ccc(F)cc3)sc3ncnc(c13)O[C@@H](C(=O)O)Cc1cc(ccc1OCc1ccnc(C3=CCC(CC(=O)O)CC3)n1)OC[C@@H](CN1CCN(C)CC1)O2. The maximum absolute atomic E-state index is 14.4. The van der Waals surface area contributed by atoms with Crippen molar-refractivity contribution in [2.75, 3.05) is 46.4 Å². The van der Waals surface area contributed by atoms with Crippen LogP contribution in [0.3, 0.4) is 0 Å². The number of carboxylic acid groups (broad SMARTS) is 2. The zero-order valence-corrected chi connectivity index (χ0v) is 40.0. The molecule has 0 saturated carbocycles. The van der Waals surface area contributed by atoms with Gasteiger partial charge in [0, 0.05) is 67.8 Å². The molecule has 2 N–H and O–H groups in total. The summed E-state index contributed by atoms with van der Waals surface area (Å²) in [5.41, 5.74) is 5.24. The van der Waals surface area contributed by atoms with Gasteiger partial charge in [0.25, 0.3) is 0 Å². The lowest BCUT2D eigenvalue weighted by Gasteiger charge is -2.35. The number of piperazine rings is 1. The van der Waals surface area contributed by atoms with Gasteiger partial charge in [0.2, 0.25) is 12.0 Å². The first-order valence-corrected chi connectivity index (χ1v) is 24.0. The molecular formula is C50H49Cl2FN6O8S. The van der Waals surface area contributed by atoms with Gasteiger partial charge >= 0.3 is 11.9 Å². The van der Waals surface area contributed by atoms with Crippen LogP contribution in [0.15, 0.2) is 67.1 Å². The summed E-state index contributed by atoms with van der Waals surface area (Å²) in [6.07, 6.45) is 4.95. The fraction of sp³-hybridized carbons (Fsp3) is 0.360. The van der Waals surface area contributed by atoms with E-state index in [0.29, 0.717) is 96.6 Å². The van der Waals surface area contributed by atoms with Gasteiger partial charge in [-0.3, -0.25) is 9.69 Å². The standard InChI is InChI=1S/C50H49Cl2FN6O8S/c1-27-40-28(2)44(52)45(43(27)51)66-36(23-59-18-16-58(3)17-19-59)25-64-35-12-13-37(65-24-34-14-15-54-47(57-34)31-6-4-29(5-7-31)20-39(60)61)32(21-35)22-38(50(62)63)67-48-42-41(40)46(68-49(42)56-26-55-48)30-8-10-33(53)11-9-30/h6,8-15,21,26,29,36,38H,4-5,7,16-20,22-25H2,1-3H3,(H,60,61)(H,62,63)/t29?,36-,38-/m1/s1. The highest BCUT2D eigenvalue weighted by atomic mass is 35.5. The number of fused-ring (bicyclic) bond motifs is 7. The van der Waals surface area contributed by atoms with Crippen molar-refractivity contribution in [3.8, 4) is 44.7 Å². The number of benzene rings is 3. The fourth-order valence-electron chi connectivity index (χ4n) is 9.02. The van der Waals surface area contributed by atoms with Gasteiger partial charge in [0.15, 0.2) is 11.6 Å². The van der Waals surface area contributed by atoms with E-state index < -0.39 is 30.0 Å². The molecule has 14 nitrogen and oxygen atoms in total. The molecule has 10 rings (SSSR count). The first-order chi connectivity index (χ1) is 32.8. The molecular weight excluding hydrogens is 935 g/mol. The normalized spacial score (nSPS) is 19.1. The predicted molar refractivity (Wildman–Crippen MR) is 258 cm³/mol.